The van der Waals surface area contributed by atoms with E-state index in [2.05, 4.69) is 10.0 Å². The van der Waals surface area contributed by atoms with Gasteiger partial charge in [0, 0.05) is 17.6 Å². The van der Waals surface area contributed by atoms with Crippen LogP contribution in [0, 0.1) is 0 Å². The third kappa shape index (κ3) is 3.71. The predicted molar refractivity (Wildman–Crippen MR) is 87.1 cm³/mol. The summed E-state index contributed by atoms with van der Waals surface area (Å²) in [5.74, 6) is -0.296. The second kappa shape index (κ2) is 6.56. The van der Waals surface area contributed by atoms with E-state index in [0.29, 0.717) is 10.6 Å². The number of hydrogen-bond donors (Lipinski definition) is 2. The second-order valence-corrected chi connectivity index (χ2v) is 6.86. The van der Waals surface area contributed by atoms with Gasteiger partial charge < -0.3 is 5.32 Å². The first-order valence-electron chi connectivity index (χ1n) is 6.13. The highest BCUT2D eigenvalue weighted by Crippen LogP contribution is 2.27. The number of sulfonamides is 1. The Hall–Kier alpha value is -1.76. The van der Waals surface area contributed by atoms with Crippen LogP contribution in [-0.4, -0.2) is 21.4 Å². The summed E-state index contributed by atoms with van der Waals surface area (Å²) in [7, 11) is -2.33. The fourth-order valence-corrected chi connectivity index (χ4v) is 3.17. The molecule has 1 amide bonds. The summed E-state index contributed by atoms with van der Waals surface area (Å²) in [6.45, 7) is 0. The average molecular weight is 359 g/mol. The van der Waals surface area contributed by atoms with Gasteiger partial charge in [-0.3, -0.25) is 9.52 Å². The van der Waals surface area contributed by atoms with Crippen molar-refractivity contribution in [2.45, 2.75) is 4.90 Å². The molecular weight excluding hydrogens is 347 g/mol. The van der Waals surface area contributed by atoms with Crippen LogP contribution in [0.1, 0.15) is 10.4 Å². The number of carbonyl (C=O) groups excluding carboxylic acids is 1. The first-order chi connectivity index (χ1) is 10.3. The molecule has 0 radical (unpaired) electrons. The number of anilines is 1. The summed E-state index contributed by atoms with van der Waals surface area (Å²) < 4.78 is 27.0. The molecule has 0 aliphatic heterocycles. The number of rotatable bonds is 4. The molecule has 2 rings (SSSR count). The molecule has 0 aliphatic rings. The Morgan fingerprint density at radius 2 is 1.68 bits per heavy atom. The zero-order valence-electron chi connectivity index (χ0n) is 11.4. The number of carbonyl (C=O) groups is 1. The molecule has 5 nitrogen and oxygen atoms in total. The van der Waals surface area contributed by atoms with Crippen LogP contribution >= 0.6 is 23.2 Å². The molecule has 2 N–H and O–H groups in total. The molecule has 0 saturated carbocycles. The molecule has 0 spiro atoms. The lowest BCUT2D eigenvalue weighted by molar-refractivity contribution is 0.0963. The Morgan fingerprint density at radius 1 is 1.05 bits per heavy atom. The van der Waals surface area contributed by atoms with E-state index in [9.17, 15) is 13.2 Å². The van der Waals surface area contributed by atoms with Crippen LogP contribution in [0.4, 0.5) is 5.69 Å². The number of nitrogens with one attached hydrogen (secondary N) is 2. The largest absolute Gasteiger partial charge is 0.355 e. The van der Waals surface area contributed by atoms with Crippen molar-refractivity contribution in [2.75, 3.05) is 11.8 Å². The Morgan fingerprint density at radius 3 is 2.27 bits per heavy atom. The second-order valence-electron chi connectivity index (χ2n) is 4.33. The highest BCUT2D eigenvalue weighted by Gasteiger charge is 2.16. The smallest absolute Gasteiger partial charge is 0.261 e. The molecular formula is C14H12Cl2N2O3S. The van der Waals surface area contributed by atoms with Crippen molar-refractivity contribution in [1.29, 1.82) is 0 Å². The predicted octanol–water partition coefficient (Wildman–Crippen LogP) is 3.15. The number of benzene rings is 2. The lowest BCUT2D eigenvalue weighted by Crippen LogP contribution is -2.18. The third-order valence-electron chi connectivity index (χ3n) is 2.83. The van der Waals surface area contributed by atoms with E-state index in [0.717, 1.165) is 0 Å². The number of hydrogen-bond acceptors (Lipinski definition) is 3. The van der Waals surface area contributed by atoms with Crippen LogP contribution in [0.2, 0.25) is 10.0 Å². The van der Waals surface area contributed by atoms with Crippen molar-refractivity contribution < 1.29 is 13.2 Å². The van der Waals surface area contributed by atoms with E-state index in [1.165, 1.54) is 43.4 Å². The maximum absolute atomic E-state index is 12.3. The van der Waals surface area contributed by atoms with Gasteiger partial charge in [-0.05, 0) is 42.5 Å². The van der Waals surface area contributed by atoms with Gasteiger partial charge in [-0.25, -0.2) is 8.42 Å². The normalized spacial score (nSPS) is 11.0. The van der Waals surface area contributed by atoms with Gasteiger partial charge >= 0.3 is 0 Å². The summed E-state index contributed by atoms with van der Waals surface area (Å²) in [5, 5.41) is 3.05. The van der Waals surface area contributed by atoms with Gasteiger partial charge in [0.15, 0.2) is 0 Å². The monoisotopic (exact) mass is 358 g/mol. The standard InChI is InChI=1S/C14H12Cl2N2O3S/c1-17-14(19)9-2-5-11(6-3-9)22(20,21)18-13-8-10(15)4-7-12(13)16/h2-8,18H,1H3,(H,17,19). The van der Waals surface area contributed by atoms with Gasteiger partial charge in [-0.2, -0.15) is 0 Å². The minimum Gasteiger partial charge on any atom is -0.355 e. The Kier molecular flexibility index (Phi) is 4.95. The molecule has 0 unspecified atom stereocenters. The first-order valence-corrected chi connectivity index (χ1v) is 8.37. The van der Waals surface area contributed by atoms with E-state index in [1.54, 1.807) is 6.07 Å². The average Bonchev–Trinajstić information content (AvgIpc) is 2.50. The molecule has 22 heavy (non-hydrogen) atoms. The molecule has 8 heteroatoms. The van der Waals surface area contributed by atoms with Crippen LogP contribution < -0.4 is 10.0 Å². The maximum Gasteiger partial charge on any atom is 0.261 e. The van der Waals surface area contributed by atoms with Gasteiger partial charge in [0.2, 0.25) is 0 Å². The molecule has 2 aromatic carbocycles. The van der Waals surface area contributed by atoms with Crippen LogP contribution in [0.5, 0.6) is 0 Å². The van der Waals surface area contributed by atoms with Crippen molar-refractivity contribution in [3.05, 3.63) is 58.1 Å². The summed E-state index contributed by atoms with van der Waals surface area (Å²) in [4.78, 5) is 11.4. The minimum absolute atomic E-state index is 0.0104. The number of halogens is 2. The van der Waals surface area contributed by atoms with Gasteiger partial charge in [-0.1, -0.05) is 23.2 Å². The maximum atomic E-state index is 12.3. The van der Waals surface area contributed by atoms with Crippen LogP contribution in [0.25, 0.3) is 0 Å². The van der Waals surface area contributed by atoms with Gasteiger partial charge in [-0.15, -0.1) is 0 Å². The summed E-state index contributed by atoms with van der Waals surface area (Å²) in [6, 6.07) is 9.99. The lowest BCUT2D eigenvalue weighted by Gasteiger charge is -2.10. The van der Waals surface area contributed by atoms with E-state index in [1.807, 2.05) is 0 Å². The van der Waals surface area contributed by atoms with Gasteiger partial charge in [0.25, 0.3) is 15.9 Å². The number of amides is 1. The van der Waals surface area contributed by atoms with Crippen molar-refractivity contribution in [3.63, 3.8) is 0 Å². The summed E-state index contributed by atoms with van der Waals surface area (Å²) in [5.41, 5.74) is 0.548. The van der Waals surface area contributed by atoms with Crippen molar-refractivity contribution in [2.24, 2.45) is 0 Å². The molecule has 0 heterocycles. The van der Waals surface area contributed by atoms with Crippen molar-refractivity contribution in [3.8, 4) is 0 Å². The summed E-state index contributed by atoms with van der Waals surface area (Å²) >= 11 is 11.8. The van der Waals surface area contributed by atoms with E-state index in [-0.39, 0.29) is 21.5 Å². The minimum atomic E-state index is -3.83. The first kappa shape index (κ1) is 16.6. The van der Waals surface area contributed by atoms with Crippen LogP contribution in [0.3, 0.4) is 0 Å². The van der Waals surface area contributed by atoms with Crippen molar-refractivity contribution >= 4 is 44.8 Å². The fraction of sp³-hybridized carbons (Fsp3) is 0.0714. The Labute approximate surface area is 138 Å². The molecule has 0 atom stereocenters. The van der Waals surface area contributed by atoms with Crippen LogP contribution in [0.15, 0.2) is 47.4 Å². The van der Waals surface area contributed by atoms with Crippen LogP contribution in [-0.2, 0) is 10.0 Å². The molecule has 0 bridgehead atoms. The molecule has 2 aromatic rings. The lowest BCUT2D eigenvalue weighted by atomic mass is 10.2. The topological polar surface area (TPSA) is 75.3 Å². The molecule has 0 aromatic heterocycles. The molecule has 0 saturated heterocycles. The highest BCUT2D eigenvalue weighted by atomic mass is 35.5. The van der Waals surface area contributed by atoms with E-state index < -0.39 is 10.0 Å². The summed E-state index contributed by atoms with van der Waals surface area (Å²) in [6.07, 6.45) is 0. The van der Waals surface area contributed by atoms with Gasteiger partial charge in [0.1, 0.15) is 0 Å². The molecule has 116 valence electrons. The van der Waals surface area contributed by atoms with E-state index >= 15 is 0 Å². The Balaban J connectivity index is 2.30. The van der Waals surface area contributed by atoms with Crippen molar-refractivity contribution in [1.82, 2.24) is 5.32 Å². The van der Waals surface area contributed by atoms with E-state index in [4.69, 9.17) is 23.2 Å². The zero-order valence-corrected chi connectivity index (χ0v) is 13.8. The highest BCUT2D eigenvalue weighted by molar-refractivity contribution is 7.92. The fourth-order valence-electron chi connectivity index (χ4n) is 1.71. The molecule has 0 fully saturated rings. The SMILES string of the molecule is CNC(=O)c1ccc(S(=O)(=O)Nc2cc(Cl)ccc2Cl)cc1. The Bertz CT molecular complexity index is 805. The molecule has 0 aliphatic carbocycles. The quantitative estimate of drug-likeness (QED) is 0.881. The zero-order chi connectivity index (χ0) is 16.3. The van der Waals surface area contributed by atoms with Gasteiger partial charge in [0.05, 0.1) is 15.6 Å². The third-order valence-corrected chi connectivity index (χ3v) is 4.77.